The molecule has 0 saturated heterocycles. The van der Waals surface area contributed by atoms with E-state index in [1.807, 2.05) is 0 Å². The predicted molar refractivity (Wildman–Crippen MR) is 93.5 cm³/mol. The molecule has 1 aromatic rings. The first-order valence-electron chi connectivity index (χ1n) is 8.81. The minimum atomic E-state index is -4.40. The molecule has 2 unspecified atom stereocenters. The summed E-state index contributed by atoms with van der Waals surface area (Å²) in [5, 5.41) is 2.69. The van der Waals surface area contributed by atoms with Crippen LogP contribution in [-0.4, -0.2) is 10.2 Å². The normalized spacial score (nSPS) is 36.5. The highest BCUT2D eigenvalue weighted by molar-refractivity contribution is 9.10. The van der Waals surface area contributed by atoms with Gasteiger partial charge in [-0.3, -0.25) is 4.79 Å². The van der Waals surface area contributed by atoms with Gasteiger partial charge in [-0.25, -0.2) is 0 Å². The molecule has 25 heavy (non-hydrogen) atoms. The molecule has 0 radical (unpaired) electrons. The van der Waals surface area contributed by atoms with Gasteiger partial charge in [0, 0.05) is 16.4 Å². The lowest BCUT2D eigenvalue weighted by atomic mass is 9.48. The van der Waals surface area contributed by atoms with Gasteiger partial charge >= 0.3 is 6.18 Å². The van der Waals surface area contributed by atoms with Gasteiger partial charge in [0.25, 0.3) is 0 Å². The third kappa shape index (κ3) is 3.46. The maximum Gasteiger partial charge on any atom is 0.416 e. The highest BCUT2D eigenvalue weighted by Crippen LogP contribution is 2.65. The van der Waals surface area contributed by atoms with Crippen LogP contribution in [0.25, 0.3) is 0 Å². The summed E-state index contributed by atoms with van der Waals surface area (Å²) < 4.78 is 38.6. The second-order valence-corrected chi connectivity index (χ2v) is 10.1. The van der Waals surface area contributed by atoms with Gasteiger partial charge in [0.15, 0.2) is 0 Å². The summed E-state index contributed by atoms with van der Waals surface area (Å²) in [6.07, 6.45) is 2.82. The fraction of sp³-hybridized carbons (Fsp3) is 0.632. The summed E-state index contributed by atoms with van der Waals surface area (Å²) in [4.78, 5) is 12.6. The van der Waals surface area contributed by atoms with Crippen molar-refractivity contribution in [2.45, 2.75) is 55.4 Å². The Hall–Kier alpha value is -1.04. The molecular weight excluding hydrogens is 395 g/mol. The standard InChI is InChI=1S/C19H21BrF3NO/c20-18-8-12-4-13(9-18)7-17(6-12,11-18)10-16(25)24-15-3-1-2-14(5-15)19(21,22)23/h1-3,5,12-13H,4,6-11H2,(H,24,25)/t12-,13+,17?,18?. The Morgan fingerprint density at radius 1 is 1.20 bits per heavy atom. The lowest BCUT2D eigenvalue weighted by Crippen LogP contribution is -2.53. The van der Waals surface area contributed by atoms with Crippen LogP contribution in [0, 0.1) is 17.3 Å². The number of alkyl halides is 4. The predicted octanol–water partition coefficient (Wildman–Crippen LogP) is 5.77. The maximum absolute atomic E-state index is 12.8. The van der Waals surface area contributed by atoms with Crippen molar-refractivity contribution in [2.75, 3.05) is 5.32 Å². The summed E-state index contributed by atoms with van der Waals surface area (Å²) in [6, 6.07) is 4.86. The smallest absolute Gasteiger partial charge is 0.326 e. The summed E-state index contributed by atoms with van der Waals surface area (Å²) >= 11 is 3.92. The van der Waals surface area contributed by atoms with Gasteiger partial charge in [-0.1, -0.05) is 22.0 Å². The van der Waals surface area contributed by atoms with Crippen molar-refractivity contribution in [1.82, 2.24) is 0 Å². The number of benzene rings is 1. The molecular formula is C19H21BrF3NO. The molecule has 5 rings (SSSR count). The van der Waals surface area contributed by atoms with Crippen molar-refractivity contribution >= 4 is 27.5 Å². The number of carbonyl (C=O) groups is 1. The average Bonchev–Trinajstić information content (AvgIpc) is 2.42. The highest BCUT2D eigenvalue weighted by atomic mass is 79.9. The SMILES string of the molecule is O=C(CC12C[C@@H]3C[C@@H](CC(Br)(C3)C1)C2)Nc1cccc(C(F)(F)F)c1. The van der Waals surface area contributed by atoms with Crippen molar-refractivity contribution < 1.29 is 18.0 Å². The molecule has 6 heteroatoms. The van der Waals surface area contributed by atoms with Crippen molar-refractivity contribution in [3.05, 3.63) is 29.8 Å². The second kappa shape index (κ2) is 5.73. The number of anilines is 1. The first-order chi connectivity index (χ1) is 11.6. The summed E-state index contributed by atoms with van der Waals surface area (Å²) in [5.74, 6) is 1.20. The van der Waals surface area contributed by atoms with Gasteiger partial charge in [-0.05, 0) is 74.0 Å². The first kappa shape index (κ1) is 17.4. The van der Waals surface area contributed by atoms with Gasteiger partial charge in [-0.2, -0.15) is 13.2 Å². The quantitative estimate of drug-likeness (QED) is 0.623. The number of hydrogen-bond donors (Lipinski definition) is 1. The number of halogens is 4. The van der Waals surface area contributed by atoms with Crippen LogP contribution in [0.5, 0.6) is 0 Å². The number of hydrogen-bond acceptors (Lipinski definition) is 1. The molecule has 4 aliphatic carbocycles. The van der Waals surface area contributed by atoms with E-state index in [0.29, 0.717) is 18.3 Å². The van der Waals surface area contributed by atoms with E-state index in [4.69, 9.17) is 0 Å². The first-order valence-corrected chi connectivity index (χ1v) is 9.60. The number of amides is 1. The van der Waals surface area contributed by atoms with E-state index in [9.17, 15) is 18.0 Å². The van der Waals surface area contributed by atoms with E-state index in [0.717, 1.165) is 31.4 Å². The zero-order valence-electron chi connectivity index (χ0n) is 13.8. The molecule has 4 fully saturated rings. The molecule has 1 amide bonds. The maximum atomic E-state index is 12.8. The Morgan fingerprint density at radius 2 is 1.88 bits per heavy atom. The van der Waals surface area contributed by atoms with E-state index in [1.165, 1.54) is 31.4 Å². The lowest BCUT2D eigenvalue weighted by molar-refractivity contribution is -0.137. The second-order valence-electron chi connectivity index (χ2n) is 8.42. The molecule has 4 atom stereocenters. The van der Waals surface area contributed by atoms with Gasteiger partial charge in [0.1, 0.15) is 0 Å². The minimum absolute atomic E-state index is 0.0132. The van der Waals surface area contributed by atoms with Crippen LogP contribution in [-0.2, 0) is 11.0 Å². The van der Waals surface area contributed by atoms with Crippen LogP contribution in [0.3, 0.4) is 0 Å². The molecule has 4 bridgehead atoms. The average molecular weight is 416 g/mol. The van der Waals surface area contributed by atoms with Crippen LogP contribution < -0.4 is 5.32 Å². The Labute approximate surface area is 153 Å². The Morgan fingerprint density at radius 3 is 2.48 bits per heavy atom. The van der Waals surface area contributed by atoms with Crippen molar-refractivity contribution in [2.24, 2.45) is 17.3 Å². The van der Waals surface area contributed by atoms with Crippen LogP contribution >= 0.6 is 15.9 Å². The number of rotatable bonds is 3. The van der Waals surface area contributed by atoms with E-state index in [1.54, 1.807) is 0 Å². The minimum Gasteiger partial charge on any atom is -0.326 e. The largest absolute Gasteiger partial charge is 0.416 e. The van der Waals surface area contributed by atoms with Crippen LogP contribution in [0.1, 0.15) is 50.5 Å². The number of carbonyl (C=O) groups excluding carboxylic acids is 1. The molecule has 4 aliphatic rings. The van der Waals surface area contributed by atoms with E-state index < -0.39 is 11.7 Å². The van der Waals surface area contributed by atoms with Crippen LogP contribution in [0.4, 0.5) is 18.9 Å². The molecule has 0 spiro atoms. The fourth-order valence-electron chi connectivity index (χ4n) is 5.86. The van der Waals surface area contributed by atoms with E-state index in [2.05, 4.69) is 21.2 Å². The Bertz CT molecular complexity index is 688. The zero-order chi connectivity index (χ0) is 17.9. The molecule has 1 N–H and O–H groups in total. The summed E-state index contributed by atoms with van der Waals surface area (Å²) in [7, 11) is 0. The summed E-state index contributed by atoms with van der Waals surface area (Å²) in [6.45, 7) is 0. The van der Waals surface area contributed by atoms with Gasteiger partial charge in [0.05, 0.1) is 5.56 Å². The summed E-state index contributed by atoms with van der Waals surface area (Å²) in [5.41, 5.74) is -0.503. The highest BCUT2D eigenvalue weighted by Gasteiger charge is 2.57. The molecule has 1 aromatic carbocycles. The topological polar surface area (TPSA) is 29.1 Å². The fourth-order valence-corrected chi connectivity index (χ4v) is 7.37. The lowest BCUT2D eigenvalue weighted by Gasteiger charge is -2.60. The van der Waals surface area contributed by atoms with Crippen molar-refractivity contribution in [3.8, 4) is 0 Å². The van der Waals surface area contributed by atoms with E-state index in [-0.39, 0.29) is 21.3 Å². The van der Waals surface area contributed by atoms with Crippen LogP contribution in [0.2, 0.25) is 0 Å². The van der Waals surface area contributed by atoms with Crippen molar-refractivity contribution in [1.29, 1.82) is 0 Å². The Balaban J connectivity index is 1.46. The molecule has 4 saturated carbocycles. The van der Waals surface area contributed by atoms with Crippen molar-refractivity contribution in [3.63, 3.8) is 0 Å². The van der Waals surface area contributed by atoms with E-state index >= 15 is 0 Å². The molecule has 136 valence electrons. The molecule has 0 aliphatic heterocycles. The monoisotopic (exact) mass is 415 g/mol. The van der Waals surface area contributed by atoms with Gasteiger partial charge in [0.2, 0.25) is 5.91 Å². The third-order valence-corrected chi connectivity index (χ3v) is 7.05. The Kier molecular flexibility index (Phi) is 3.98. The van der Waals surface area contributed by atoms with Gasteiger partial charge < -0.3 is 5.32 Å². The third-order valence-electron chi connectivity index (χ3n) is 6.12. The molecule has 0 heterocycles. The molecule has 2 nitrogen and oxygen atoms in total. The van der Waals surface area contributed by atoms with Gasteiger partial charge in [-0.15, -0.1) is 0 Å². The zero-order valence-corrected chi connectivity index (χ0v) is 15.4. The van der Waals surface area contributed by atoms with Crippen LogP contribution in [0.15, 0.2) is 24.3 Å². The number of nitrogens with one attached hydrogen (secondary N) is 1. The molecule has 0 aromatic heterocycles.